The smallest absolute Gasteiger partial charge is 0.290 e. The van der Waals surface area contributed by atoms with Crippen LogP contribution in [0.15, 0.2) is 6.33 Å². The molecule has 4 N–H and O–H groups in total. The van der Waals surface area contributed by atoms with Crippen LogP contribution in [0.2, 0.25) is 0 Å². The third-order valence-corrected chi connectivity index (χ3v) is 0.434. The lowest BCUT2D eigenvalue weighted by molar-refractivity contribution is -0.122. The SMILES string of the molecule is Nc1nc[nH]n1.O=CO. The topological polar surface area (TPSA) is 105 Å². The van der Waals surface area contributed by atoms with Crippen molar-refractivity contribution in [1.82, 2.24) is 15.2 Å². The molecule has 6 nitrogen and oxygen atoms in total. The number of nitrogen functional groups attached to an aromatic ring is 1. The van der Waals surface area contributed by atoms with E-state index < -0.39 is 0 Å². The average molecular weight is 130 g/mol. The number of nitrogens with one attached hydrogen (secondary N) is 1. The van der Waals surface area contributed by atoms with Gasteiger partial charge in [-0.05, 0) is 0 Å². The highest BCUT2D eigenvalue weighted by atomic mass is 16.3. The van der Waals surface area contributed by atoms with Crippen molar-refractivity contribution in [1.29, 1.82) is 0 Å². The molecule has 1 aromatic heterocycles. The van der Waals surface area contributed by atoms with E-state index in [1.54, 1.807) is 0 Å². The van der Waals surface area contributed by atoms with Gasteiger partial charge in [0.15, 0.2) is 0 Å². The number of hydrogen-bond donors (Lipinski definition) is 3. The van der Waals surface area contributed by atoms with Gasteiger partial charge in [0, 0.05) is 0 Å². The lowest BCUT2D eigenvalue weighted by atomic mass is 11.1. The van der Waals surface area contributed by atoms with Crippen molar-refractivity contribution < 1.29 is 9.90 Å². The molecule has 9 heavy (non-hydrogen) atoms. The standard InChI is InChI=1S/C2H4N4.CH2O2/c3-2-4-1-5-6-2;2-1-3/h1H,(H3,3,4,5,6);1H,(H,2,3). The van der Waals surface area contributed by atoms with Gasteiger partial charge in [0.2, 0.25) is 5.95 Å². The first-order valence-electron chi connectivity index (χ1n) is 2.00. The van der Waals surface area contributed by atoms with Crippen LogP contribution in [0.3, 0.4) is 0 Å². The van der Waals surface area contributed by atoms with E-state index in [2.05, 4.69) is 15.2 Å². The number of anilines is 1. The quantitative estimate of drug-likeness (QED) is 0.394. The second-order valence-electron chi connectivity index (χ2n) is 0.963. The highest BCUT2D eigenvalue weighted by Gasteiger charge is 1.76. The predicted molar refractivity (Wildman–Crippen MR) is 29.5 cm³/mol. The minimum absolute atomic E-state index is 0.250. The van der Waals surface area contributed by atoms with Crippen molar-refractivity contribution >= 4 is 12.4 Å². The van der Waals surface area contributed by atoms with Crippen LogP contribution in [0.25, 0.3) is 0 Å². The largest absolute Gasteiger partial charge is 0.483 e. The Morgan fingerprint density at radius 1 is 1.89 bits per heavy atom. The van der Waals surface area contributed by atoms with Crippen LogP contribution in [0.1, 0.15) is 0 Å². The van der Waals surface area contributed by atoms with Crippen LogP contribution in [0.4, 0.5) is 5.95 Å². The van der Waals surface area contributed by atoms with Gasteiger partial charge in [-0.2, -0.15) is 0 Å². The summed E-state index contributed by atoms with van der Waals surface area (Å²) in [6.07, 6.45) is 1.43. The van der Waals surface area contributed by atoms with Crippen molar-refractivity contribution in [3.05, 3.63) is 6.33 Å². The number of nitrogens with zero attached hydrogens (tertiary/aromatic N) is 2. The summed E-state index contributed by atoms with van der Waals surface area (Å²) in [6, 6.07) is 0. The maximum absolute atomic E-state index is 8.36. The molecule has 6 heteroatoms. The molecule has 50 valence electrons. The summed E-state index contributed by atoms with van der Waals surface area (Å²) >= 11 is 0. The Hall–Kier alpha value is -1.59. The van der Waals surface area contributed by atoms with Gasteiger partial charge in [-0.25, -0.2) is 4.98 Å². The van der Waals surface area contributed by atoms with Crippen molar-refractivity contribution in [2.24, 2.45) is 0 Å². The van der Waals surface area contributed by atoms with Crippen molar-refractivity contribution in [2.75, 3.05) is 5.73 Å². The molecule has 0 bridgehead atoms. The van der Waals surface area contributed by atoms with E-state index in [1.807, 2.05) is 0 Å². The van der Waals surface area contributed by atoms with Gasteiger partial charge in [-0.3, -0.25) is 9.89 Å². The van der Waals surface area contributed by atoms with E-state index in [0.717, 1.165) is 0 Å². The molecule has 1 rings (SSSR count). The molecule has 0 unspecified atom stereocenters. The molecule has 0 aliphatic heterocycles. The van der Waals surface area contributed by atoms with Gasteiger partial charge < -0.3 is 10.8 Å². The molecule has 0 saturated carbocycles. The van der Waals surface area contributed by atoms with Crippen LogP contribution in [0.5, 0.6) is 0 Å². The molecule has 0 aliphatic carbocycles. The van der Waals surface area contributed by atoms with Gasteiger partial charge in [0.25, 0.3) is 6.47 Å². The van der Waals surface area contributed by atoms with Crippen molar-refractivity contribution in [2.45, 2.75) is 0 Å². The zero-order valence-electron chi connectivity index (χ0n) is 4.48. The van der Waals surface area contributed by atoms with Gasteiger partial charge in [-0.15, -0.1) is 5.10 Å². The van der Waals surface area contributed by atoms with Crippen molar-refractivity contribution in [3.63, 3.8) is 0 Å². The number of aromatic amines is 1. The van der Waals surface area contributed by atoms with Gasteiger partial charge >= 0.3 is 0 Å². The van der Waals surface area contributed by atoms with E-state index in [1.165, 1.54) is 6.33 Å². The summed E-state index contributed by atoms with van der Waals surface area (Å²) in [5.41, 5.74) is 5.02. The molecule has 1 aromatic rings. The number of rotatable bonds is 0. The minimum Gasteiger partial charge on any atom is -0.483 e. The Bertz CT molecular complexity index is 149. The lowest BCUT2D eigenvalue weighted by Gasteiger charge is -1.65. The summed E-state index contributed by atoms with van der Waals surface area (Å²) in [7, 11) is 0. The number of H-pyrrole nitrogens is 1. The third kappa shape index (κ3) is 4.26. The second-order valence-corrected chi connectivity index (χ2v) is 0.963. The third-order valence-electron chi connectivity index (χ3n) is 0.434. The van der Waals surface area contributed by atoms with Gasteiger partial charge in [0.1, 0.15) is 6.33 Å². The molecular formula is C3H6N4O2. The molecule has 0 aromatic carbocycles. The summed E-state index contributed by atoms with van der Waals surface area (Å²) < 4.78 is 0. The molecule has 0 radical (unpaired) electrons. The van der Waals surface area contributed by atoms with Crippen LogP contribution in [-0.4, -0.2) is 26.8 Å². The Kier molecular flexibility index (Phi) is 3.76. The number of carboxylic acid groups (broad SMARTS) is 1. The Morgan fingerprint density at radius 2 is 2.44 bits per heavy atom. The lowest BCUT2D eigenvalue weighted by Crippen LogP contribution is -1.84. The monoisotopic (exact) mass is 130 g/mol. The highest BCUT2D eigenvalue weighted by Crippen LogP contribution is 1.76. The molecular weight excluding hydrogens is 124 g/mol. The first-order valence-corrected chi connectivity index (χ1v) is 2.00. The summed E-state index contributed by atoms with van der Waals surface area (Å²) in [5, 5.41) is 12.8. The van der Waals surface area contributed by atoms with E-state index in [9.17, 15) is 0 Å². The zero-order chi connectivity index (χ0) is 7.11. The normalized spacial score (nSPS) is 7.11. The molecule has 0 spiro atoms. The van der Waals surface area contributed by atoms with Crippen molar-refractivity contribution in [3.8, 4) is 0 Å². The van der Waals surface area contributed by atoms with E-state index in [-0.39, 0.29) is 12.4 Å². The van der Waals surface area contributed by atoms with E-state index >= 15 is 0 Å². The maximum Gasteiger partial charge on any atom is 0.290 e. The summed E-state index contributed by atoms with van der Waals surface area (Å²) in [5.74, 6) is 0.287. The number of aromatic nitrogens is 3. The molecule has 0 saturated heterocycles. The Balaban J connectivity index is 0.000000187. The van der Waals surface area contributed by atoms with E-state index in [0.29, 0.717) is 0 Å². The van der Waals surface area contributed by atoms with Crippen LogP contribution >= 0.6 is 0 Å². The molecule has 0 amide bonds. The van der Waals surface area contributed by atoms with E-state index in [4.69, 9.17) is 15.6 Å². The number of hydrogen-bond acceptors (Lipinski definition) is 4. The molecule has 0 fully saturated rings. The van der Waals surface area contributed by atoms with Crippen LogP contribution in [0, 0.1) is 0 Å². The van der Waals surface area contributed by atoms with Crippen LogP contribution in [-0.2, 0) is 4.79 Å². The predicted octanol–water partition coefficient (Wildman–Crippen LogP) is -0.912. The molecule has 0 atom stereocenters. The second kappa shape index (κ2) is 4.57. The first kappa shape index (κ1) is 7.41. The number of carbonyl (C=O) groups is 1. The summed E-state index contributed by atoms with van der Waals surface area (Å²) in [4.78, 5) is 11.9. The van der Waals surface area contributed by atoms with Gasteiger partial charge in [0.05, 0.1) is 0 Å². The zero-order valence-corrected chi connectivity index (χ0v) is 4.48. The minimum atomic E-state index is -0.250. The fourth-order valence-corrected chi connectivity index (χ4v) is 0.219. The maximum atomic E-state index is 8.36. The molecule has 1 heterocycles. The van der Waals surface area contributed by atoms with Crippen LogP contribution < -0.4 is 5.73 Å². The fraction of sp³-hybridized carbons (Fsp3) is 0. The highest BCUT2D eigenvalue weighted by molar-refractivity contribution is 5.32. The Labute approximate surface area is 50.7 Å². The van der Waals surface area contributed by atoms with Gasteiger partial charge in [-0.1, -0.05) is 0 Å². The first-order chi connectivity index (χ1) is 4.31. The average Bonchev–Trinajstić information content (AvgIpc) is 2.20. The Morgan fingerprint density at radius 3 is 2.56 bits per heavy atom. The number of nitrogens with two attached hydrogens (primary N) is 1. The summed E-state index contributed by atoms with van der Waals surface area (Å²) in [6.45, 7) is -0.250. The molecule has 0 aliphatic rings. The fourth-order valence-electron chi connectivity index (χ4n) is 0.219.